The molecule has 3 nitrogen and oxygen atoms in total. The van der Waals surface area contributed by atoms with E-state index in [0.29, 0.717) is 0 Å². The molecule has 0 radical (unpaired) electrons. The van der Waals surface area contributed by atoms with Gasteiger partial charge in [0.2, 0.25) is 0 Å². The second kappa shape index (κ2) is 5.02. The number of quaternary nitrogens is 1. The van der Waals surface area contributed by atoms with Gasteiger partial charge in [-0.15, -0.1) is 0 Å². The van der Waals surface area contributed by atoms with E-state index in [-0.39, 0.29) is 0 Å². The Morgan fingerprint density at radius 2 is 1.67 bits per heavy atom. The van der Waals surface area contributed by atoms with E-state index >= 15 is 0 Å². The van der Waals surface area contributed by atoms with Gasteiger partial charge < -0.3 is 13.6 Å². The molecule has 0 atom stereocenters. The van der Waals surface area contributed by atoms with Gasteiger partial charge in [-0.2, -0.15) is 0 Å². The minimum Gasteiger partial charge on any atom is -0.349 e. The van der Waals surface area contributed by atoms with Gasteiger partial charge in [0.05, 0.1) is 39.1 Å². The highest BCUT2D eigenvalue weighted by atomic mass is 15.3. The van der Waals surface area contributed by atoms with Gasteiger partial charge in [-0.05, 0) is 24.3 Å². The number of aromatic nitrogens is 2. The molecule has 0 bridgehead atoms. The highest BCUT2D eigenvalue weighted by molar-refractivity contribution is 5.56. The highest BCUT2D eigenvalue weighted by Crippen LogP contribution is 2.20. The second-order valence-electron chi connectivity index (χ2n) is 5.96. The molecule has 2 heterocycles. The van der Waals surface area contributed by atoms with Gasteiger partial charge in [-0.3, -0.25) is 0 Å². The van der Waals surface area contributed by atoms with Crippen LogP contribution in [0.5, 0.6) is 0 Å². The van der Waals surface area contributed by atoms with Crippen molar-refractivity contribution in [3.05, 3.63) is 36.7 Å². The summed E-state index contributed by atoms with van der Waals surface area (Å²) in [5.41, 5.74) is 2.59. The first-order valence-corrected chi connectivity index (χ1v) is 6.55. The minimum absolute atomic E-state index is 1.03. The third-order valence-electron chi connectivity index (χ3n) is 3.26. The van der Waals surface area contributed by atoms with E-state index in [9.17, 15) is 0 Å². The topological polar surface area (TPSA) is 9.86 Å². The first-order valence-electron chi connectivity index (χ1n) is 6.55. The van der Waals surface area contributed by atoms with Crippen LogP contribution in [0.3, 0.4) is 0 Å². The number of aryl methyl sites for hydroxylation is 2. The molecule has 0 saturated heterocycles. The van der Waals surface area contributed by atoms with E-state index in [1.807, 2.05) is 0 Å². The van der Waals surface area contributed by atoms with Crippen LogP contribution in [0.4, 0.5) is 0 Å². The summed E-state index contributed by atoms with van der Waals surface area (Å²) in [5.74, 6) is 0. The van der Waals surface area contributed by atoms with E-state index in [0.717, 1.165) is 11.0 Å². The Morgan fingerprint density at radius 1 is 1.00 bits per heavy atom. The largest absolute Gasteiger partial charge is 0.349 e. The third kappa shape index (κ3) is 3.05. The van der Waals surface area contributed by atoms with Crippen molar-refractivity contribution < 1.29 is 4.48 Å². The maximum absolute atomic E-state index is 2.35. The Balaban J connectivity index is 2.07. The lowest BCUT2D eigenvalue weighted by molar-refractivity contribution is -0.870. The molecule has 2 rings (SSSR count). The van der Waals surface area contributed by atoms with Crippen LogP contribution in [0, 0.1) is 0 Å². The zero-order chi connectivity index (χ0) is 13.2. The van der Waals surface area contributed by atoms with Crippen molar-refractivity contribution in [1.82, 2.24) is 9.13 Å². The van der Waals surface area contributed by atoms with Crippen molar-refractivity contribution in [3.63, 3.8) is 0 Å². The molecule has 3 heteroatoms. The molecule has 0 N–H and O–H groups in total. The van der Waals surface area contributed by atoms with Crippen LogP contribution in [0.1, 0.15) is 6.42 Å². The highest BCUT2D eigenvalue weighted by Gasteiger charge is 2.09. The number of hydrogen-bond acceptors (Lipinski definition) is 0. The zero-order valence-corrected chi connectivity index (χ0v) is 11.9. The number of rotatable bonds is 5. The molecule has 98 valence electrons. The minimum atomic E-state index is 1.03. The number of hydrogen-bond donors (Lipinski definition) is 0. The lowest BCUT2D eigenvalue weighted by Gasteiger charge is -2.24. The average Bonchev–Trinajstić information content (AvgIpc) is 2.84. The van der Waals surface area contributed by atoms with Crippen LogP contribution in [-0.4, -0.2) is 41.3 Å². The van der Waals surface area contributed by atoms with Crippen molar-refractivity contribution in [2.45, 2.75) is 13.0 Å². The molecule has 0 aliphatic carbocycles. The summed E-state index contributed by atoms with van der Waals surface area (Å²) < 4.78 is 5.55. The van der Waals surface area contributed by atoms with Crippen LogP contribution in [0.2, 0.25) is 0 Å². The fourth-order valence-corrected chi connectivity index (χ4v) is 2.28. The smallest absolute Gasteiger partial charge is 0.0797 e. The summed E-state index contributed by atoms with van der Waals surface area (Å²) in [5, 5.41) is 0. The summed E-state index contributed by atoms with van der Waals surface area (Å²) in [4.78, 5) is 0. The zero-order valence-electron chi connectivity index (χ0n) is 11.9. The molecular weight excluding hydrogens is 222 g/mol. The van der Waals surface area contributed by atoms with Crippen LogP contribution in [0.15, 0.2) is 36.7 Å². The molecule has 0 amide bonds. The lowest BCUT2D eigenvalue weighted by Crippen LogP contribution is -2.35. The van der Waals surface area contributed by atoms with E-state index in [1.54, 1.807) is 0 Å². The first-order chi connectivity index (χ1) is 8.47. The predicted octanol–water partition coefficient (Wildman–Crippen LogP) is 2.59. The van der Waals surface area contributed by atoms with E-state index < -0.39 is 0 Å². The monoisotopic (exact) mass is 246 g/mol. The molecule has 0 fully saturated rings. The van der Waals surface area contributed by atoms with Crippen molar-refractivity contribution in [3.8, 4) is 11.4 Å². The van der Waals surface area contributed by atoms with Gasteiger partial charge in [-0.25, -0.2) is 0 Å². The summed E-state index contributed by atoms with van der Waals surface area (Å²) in [6.45, 7) is 2.29. The third-order valence-corrected chi connectivity index (χ3v) is 3.26. The fourth-order valence-electron chi connectivity index (χ4n) is 2.28. The van der Waals surface area contributed by atoms with Crippen molar-refractivity contribution in [2.75, 3.05) is 27.7 Å². The van der Waals surface area contributed by atoms with Crippen LogP contribution in [0.25, 0.3) is 11.4 Å². The van der Waals surface area contributed by atoms with E-state index in [2.05, 4.69) is 74.0 Å². The molecule has 0 spiro atoms. The Bertz CT molecular complexity index is 500. The van der Waals surface area contributed by atoms with Gasteiger partial charge in [0.1, 0.15) is 0 Å². The average molecular weight is 246 g/mol. The van der Waals surface area contributed by atoms with Crippen molar-refractivity contribution in [1.29, 1.82) is 0 Å². The Morgan fingerprint density at radius 3 is 2.28 bits per heavy atom. The SMILES string of the molecule is Cn1cccc1-c1cccn1CCC[N+](C)(C)C. The van der Waals surface area contributed by atoms with Gasteiger partial charge in [0, 0.05) is 32.4 Å². The van der Waals surface area contributed by atoms with Gasteiger partial charge >= 0.3 is 0 Å². The molecule has 0 aromatic carbocycles. The van der Waals surface area contributed by atoms with Gasteiger partial charge in [-0.1, -0.05) is 0 Å². The fraction of sp³-hybridized carbons (Fsp3) is 0.467. The summed E-state index contributed by atoms with van der Waals surface area (Å²) in [7, 11) is 8.83. The second-order valence-corrected chi connectivity index (χ2v) is 5.96. The normalized spacial score (nSPS) is 12.0. The van der Waals surface area contributed by atoms with Crippen LogP contribution in [-0.2, 0) is 13.6 Å². The van der Waals surface area contributed by atoms with Crippen molar-refractivity contribution in [2.24, 2.45) is 7.05 Å². The molecule has 18 heavy (non-hydrogen) atoms. The molecule has 0 saturated carbocycles. The Hall–Kier alpha value is -1.48. The standard InChI is InChI=1S/C15H24N3/c1-16-10-5-8-14(16)15-9-6-11-17(15)12-7-13-18(2,3)4/h5-6,8-11H,7,12-13H2,1-4H3/q+1. The van der Waals surface area contributed by atoms with Crippen LogP contribution >= 0.6 is 0 Å². The Kier molecular flexibility index (Phi) is 3.62. The molecule has 2 aromatic rings. The van der Waals surface area contributed by atoms with E-state index in [4.69, 9.17) is 0 Å². The van der Waals surface area contributed by atoms with Gasteiger partial charge in [0.25, 0.3) is 0 Å². The number of nitrogens with zero attached hydrogens (tertiary/aromatic N) is 3. The maximum atomic E-state index is 2.35. The Labute approximate surface area is 110 Å². The van der Waals surface area contributed by atoms with Gasteiger partial charge in [0.15, 0.2) is 0 Å². The van der Waals surface area contributed by atoms with Crippen LogP contribution < -0.4 is 0 Å². The van der Waals surface area contributed by atoms with Crippen molar-refractivity contribution >= 4 is 0 Å². The molecule has 0 aliphatic heterocycles. The first kappa shape index (κ1) is 13.0. The molecule has 0 unspecified atom stereocenters. The summed E-state index contributed by atoms with van der Waals surface area (Å²) in [6.07, 6.45) is 5.48. The van der Waals surface area contributed by atoms with E-state index in [1.165, 1.54) is 24.4 Å². The quantitative estimate of drug-likeness (QED) is 0.718. The maximum Gasteiger partial charge on any atom is 0.0797 e. The molecule has 0 aliphatic rings. The molecule has 2 aromatic heterocycles. The summed E-state index contributed by atoms with van der Waals surface area (Å²) >= 11 is 0. The summed E-state index contributed by atoms with van der Waals surface area (Å²) in [6, 6.07) is 8.60. The lowest BCUT2D eigenvalue weighted by atomic mass is 10.3. The predicted molar refractivity (Wildman–Crippen MR) is 76.4 cm³/mol. The molecular formula is C15H24N3+.